The topological polar surface area (TPSA) is 49.3 Å². The molecule has 0 spiro atoms. The molecule has 0 amide bonds. The van der Waals surface area contributed by atoms with Gasteiger partial charge in [-0.05, 0) is 31.9 Å². The number of thiazole rings is 1. The van der Waals surface area contributed by atoms with Crippen molar-refractivity contribution in [2.24, 2.45) is 4.99 Å². The molecule has 4 nitrogen and oxygen atoms in total. The Morgan fingerprint density at radius 3 is 2.83 bits per heavy atom. The maximum absolute atomic E-state index is 13.8. The van der Waals surface area contributed by atoms with E-state index in [0.717, 1.165) is 41.6 Å². The van der Waals surface area contributed by atoms with E-state index < -0.39 is 0 Å². The molecule has 0 saturated heterocycles. The first-order valence-corrected chi connectivity index (χ1v) is 9.04. The lowest BCUT2D eigenvalue weighted by Crippen LogP contribution is -2.39. The number of nitrogens with one attached hydrogen (secondary N) is 2. The third-order valence-corrected chi connectivity index (χ3v) is 5.48. The predicted octanol–water partition coefficient (Wildman–Crippen LogP) is 3.16. The van der Waals surface area contributed by atoms with Crippen LogP contribution in [0.5, 0.6) is 0 Å². The van der Waals surface area contributed by atoms with Crippen molar-refractivity contribution < 1.29 is 4.39 Å². The summed E-state index contributed by atoms with van der Waals surface area (Å²) in [5.74, 6) is 0.877. The normalized spacial score (nSPS) is 20.1. The van der Waals surface area contributed by atoms with Gasteiger partial charge >= 0.3 is 0 Å². The summed E-state index contributed by atoms with van der Waals surface area (Å²) in [6, 6.07) is 7.25. The van der Waals surface area contributed by atoms with Crippen molar-refractivity contribution in [2.75, 3.05) is 13.6 Å². The van der Waals surface area contributed by atoms with Crippen molar-refractivity contribution in [1.82, 2.24) is 15.6 Å². The highest BCUT2D eigenvalue weighted by Crippen LogP contribution is 2.41. The first kappa shape index (κ1) is 16.9. The minimum atomic E-state index is -0.121. The van der Waals surface area contributed by atoms with Crippen molar-refractivity contribution in [3.8, 4) is 0 Å². The van der Waals surface area contributed by atoms with Crippen LogP contribution in [-0.4, -0.2) is 30.6 Å². The minimum Gasteiger partial charge on any atom is -0.356 e. The van der Waals surface area contributed by atoms with Crippen molar-refractivity contribution in [2.45, 2.75) is 38.6 Å². The van der Waals surface area contributed by atoms with Crippen LogP contribution >= 0.6 is 11.3 Å². The predicted molar refractivity (Wildman–Crippen MR) is 97.3 cm³/mol. The van der Waals surface area contributed by atoms with E-state index >= 15 is 0 Å². The van der Waals surface area contributed by atoms with Gasteiger partial charge in [-0.3, -0.25) is 4.99 Å². The van der Waals surface area contributed by atoms with Crippen LogP contribution < -0.4 is 10.6 Å². The van der Waals surface area contributed by atoms with Gasteiger partial charge in [0.1, 0.15) is 5.82 Å². The van der Waals surface area contributed by atoms with Gasteiger partial charge in [-0.15, -0.1) is 11.3 Å². The molecule has 2 atom stereocenters. The van der Waals surface area contributed by atoms with Gasteiger partial charge < -0.3 is 10.6 Å². The zero-order valence-corrected chi connectivity index (χ0v) is 15.1. The second-order valence-electron chi connectivity index (χ2n) is 6.11. The van der Waals surface area contributed by atoms with Crippen LogP contribution in [0.25, 0.3) is 0 Å². The van der Waals surface area contributed by atoms with Gasteiger partial charge in [-0.25, -0.2) is 9.37 Å². The molecule has 2 N–H and O–H groups in total. The number of aliphatic imine (C=N–C) groups is 1. The van der Waals surface area contributed by atoms with Gasteiger partial charge in [0.15, 0.2) is 5.96 Å². The van der Waals surface area contributed by atoms with E-state index in [1.807, 2.05) is 19.1 Å². The number of halogens is 1. The van der Waals surface area contributed by atoms with Crippen LogP contribution in [0.3, 0.4) is 0 Å². The molecule has 3 rings (SSSR count). The molecule has 6 heteroatoms. The Balaban J connectivity index is 1.47. The number of aryl methyl sites for hydroxylation is 2. The van der Waals surface area contributed by atoms with Crippen LogP contribution in [0.4, 0.5) is 4.39 Å². The van der Waals surface area contributed by atoms with E-state index in [-0.39, 0.29) is 17.8 Å². The van der Waals surface area contributed by atoms with E-state index in [2.05, 4.69) is 27.5 Å². The first-order valence-electron chi connectivity index (χ1n) is 8.23. The minimum absolute atomic E-state index is 0.121. The lowest BCUT2D eigenvalue weighted by Gasteiger charge is -2.11. The second kappa shape index (κ2) is 7.30. The SMILES string of the molecule is CN=C(NCCc1nc(C)c(C)s1)NC1CC1c1ccccc1F. The summed E-state index contributed by atoms with van der Waals surface area (Å²) in [7, 11) is 1.76. The molecule has 1 saturated carbocycles. The third-order valence-electron chi connectivity index (χ3n) is 4.34. The van der Waals surface area contributed by atoms with Crippen molar-refractivity contribution in [1.29, 1.82) is 0 Å². The molecule has 1 fully saturated rings. The average Bonchev–Trinajstić information content (AvgIpc) is 3.25. The molecule has 128 valence electrons. The van der Waals surface area contributed by atoms with Crippen molar-refractivity contribution in [3.63, 3.8) is 0 Å². The van der Waals surface area contributed by atoms with E-state index in [1.165, 1.54) is 10.9 Å². The molecule has 1 heterocycles. The van der Waals surface area contributed by atoms with E-state index in [9.17, 15) is 4.39 Å². The Labute approximate surface area is 146 Å². The second-order valence-corrected chi connectivity index (χ2v) is 7.40. The van der Waals surface area contributed by atoms with Gasteiger partial charge in [-0.1, -0.05) is 18.2 Å². The lowest BCUT2D eigenvalue weighted by molar-refractivity contribution is 0.607. The smallest absolute Gasteiger partial charge is 0.191 e. The fraction of sp³-hybridized carbons (Fsp3) is 0.444. The van der Waals surface area contributed by atoms with Gasteiger partial charge in [0, 0.05) is 36.9 Å². The van der Waals surface area contributed by atoms with Gasteiger partial charge in [0.2, 0.25) is 0 Å². The molecular weight excluding hydrogens is 323 g/mol. The Hall–Kier alpha value is -1.95. The van der Waals surface area contributed by atoms with Crippen molar-refractivity contribution in [3.05, 3.63) is 51.2 Å². The Morgan fingerprint density at radius 2 is 2.17 bits per heavy atom. The lowest BCUT2D eigenvalue weighted by atomic mass is 10.1. The Bertz CT molecular complexity index is 721. The quantitative estimate of drug-likeness (QED) is 0.646. The van der Waals surface area contributed by atoms with E-state index in [4.69, 9.17) is 0 Å². The molecule has 1 aromatic carbocycles. The summed E-state index contributed by atoms with van der Waals surface area (Å²) in [5, 5.41) is 7.83. The van der Waals surface area contributed by atoms with Crippen LogP contribution in [0.15, 0.2) is 29.3 Å². The highest BCUT2D eigenvalue weighted by atomic mass is 32.1. The third kappa shape index (κ3) is 3.93. The number of guanidine groups is 1. The Kier molecular flexibility index (Phi) is 5.14. The molecule has 2 unspecified atom stereocenters. The molecule has 0 aliphatic heterocycles. The molecule has 1 aromatic heterocycles. The molecule has 24 heavy (non-hydrogen) atoms. The molecule has 0 bridgehead atoms. The summed E-state index contributed by atoms with van der Waals surface area (Å²) in [6.07, 6.45) is 1.81. The fourth-order valence-electron chi connectivity index (χ4n) is 2.78. The van der Waals surface area contributed by atoms with Crippen molar-refractivity contribution >= 4 is 17.3 Å². The molecular formula is C18H23FN4S. The summed E-state index contributed by atoms with van der Waals surface area (Å²) in [6.45, 7) is 4.92. The summed E-state index contributed by atoms with van der Waals surface area (Å²) < 4.78 is 13.8. The number of benzene rings is 1. The summed E-state index contributed by atoms with van der Waals surface area (Å²) in [5.41, 5.74) is 1.91. The average molecular weight is 346 g/mol. The van der Waals surface area contributed by atoms with E-state index in [1.54, 1.807) is 24.5 Å². The maximum Gasteiger partial charge on any atom is 0.191 e. The van der Waals surface area contributed by atoms with E-state index in [0.29, 0.717) is 0 Å². The number of rotatable bonds is 5. The molecule has 0 radical (unpaired) electrons. The van der Waals surface area contributed by atoms with Crippen LogP contribution in [0.2, 0.25) is 0 Å². The zero-order chi connectivity index (χ0) is 17.1. The van der Waals surface area contributed by atoms with Gasteiger partial charge in [-0.2, -0.15) is 0 Å². The number of nitrogens with zero attached hydrogens (tertiary/aromatic N) is 2. The highest BCUT2D eigenvalue weighted by Gasteiger charge is 2.40. The number of hydrogen-bond acceptors (Lipinski definition) is 3. The largest absolute Gasteiger partial charge is 0.356 e. The number of hydrogen-bond donors (Lipinski definition) is 2. The summed E-state index contributed by atoms with van der Waals surface area (Å²) >= 11 is 1.75. The molecule has 1 aliphatic rings. The monoisotopic (exact) mass is 346 g/mol. The molecule has 1 aliphatic carbocycles. The highest BCUT2D eigenvalue weighted by molar-refractivity contribution is 7.11. The first-order chi connectivity index (χ1) is 11.6. The fourth-order valence-corrected chi connectivity index (χ4v) is 3.71. The zero-order valence-electron chi connectivity index (χ0n) is 14.3. The maximum atomic E-state index is 13.8. The van der Waals surface area contributed by atoms with Crippen LogP contribution in [-0.2, 0) is 6.42 Å². The van der Waals surface area contributed by atoms with Crippen LogP contribution in [0.1, 0.15) is 33.5 Å². The number of aromatic nitrogens is 1. The standard InChI is InChI=1S/C18H23FN4S/c1-11-12(2)24-17(22-11)8-9-21-18(20-3)23-16-10-14(16)13-6-4-5-7-15(13)19/h4-7,14,16H,8-10H2,1-3H3,(H2,20,21,23). The van der Waals surface area contributed by atoms with Gasteiger partial charge in [0.25, 0.3) is 0 Å². The Morgan fingerprint density at radius 1 is 1.38 bits per heavy atom. The molecule has 2 aromatic rings. The van der Waals surface area contributed by atoms with Crippen LogP contribution in [0, 0.1) is 19.7 Å². The van der Waals surface area contributed by atoms with Gasteiger partial charge in [0.05, 0.1) is 10.7 Å². The summed E-state index contributed by atoms with van der Waals surface area (Å²) in [4.78, 5) is 10.1.